The summed E-state index contributed by atoms with van der Waals surface area (Å²) < 4.78 is 7.05. The first-order chi connectivity index (χ1) is 5.81. The van der Waals surface area contributed by atoms with Gasteiger partial charge in [0, 0.05) is 6.20 Å². The highest BCUT2D eigenvalue weighted by atomic mass is 16.5. The maximum atomic E-state index is 5.38. The van der Waals surface area contributed by atoms with Crippen LogP contribution < -0.4 is 4.74 Å². The Morgan fingerprint density at radius 1 is 1.67 bits per heavy atom. The van der Waals surface area contributed by atoms with Crippen molar-refractivity contribution in [1.82, 2.24) is 9.78 Å². The van der Waals surface area contributed by atoms with Crippen LogP contribution in [0.4, 0.5) is 0 Å². The molecule has 0 aliphatic heterocycles. The summed E-state index contributed by atoms with van der Waals surface area (Å²) in [5.41, 5.74) is 0.983. The van der Waals surface area contributed by atoms with Crippen LogP contribution in [0.1, 0.15) is 19.5 Å². The van der Waals surface area contributed by atoms with Crippen LogP contribution >= 0.6 is 0 Å². The molecule has 0 aliphatic carbocycles. The number of aryl methyl sites for hydroxylation is 1. The van der Waals surface area contributed by atoms with E-state index in [0.29, 0.717) is 6.61 Å². The van der Waals surface area contributed by atoms with E-state index < -0.39 is 0 Å². The Hall–Kier alpha value is -1.25. The molecule has 1 rings (SSSR count). The number of ether oxygens (including phenoxy) is 1. The van der Waals surface area contributed by atoms with E-state index in [1.807, 2.05) is 13.1 Å². The van der Waals surface area contributed by atoms with Crippen molar-refractivity contribution in [1.29, 1.82) is 0 Å². The molecule has 0 atom stereocenters. The molecule has 66 valence electrons. The van der Waals surface area contributed by atoms with Crippen molar-refractivity contribution in [2.75, 3.05) is 6.61 Å². The fourth-order valence-corrected chi connectivity index (χ4v) is 1.03. The summed E-state index contributed by atoms with van der Waals surface area (Å²) in [6.07, 6.45) is 4.38. The Bertz CT molecular complexity index is 265. The standard InChI is InChI=1S/C9H14N2O/c1-4-8-9(12-6-3)7-11(5-2)10-8/h5,7H,2,4,6H2,1,3H3. The fourth-order valence-electron chi connectivity index (χ4n) is 1.03. The van der Waals surface area contributed by atoms with Crippen LogP contribution in [-0.2, 0) is 6.42 Å². The Morgan fingerprint density at radius 2 is 2.42 bits per heavy atom. The molecule has 1 aromatic rings. The summed E-state index contributed by atoms with van der Waals surface area (Å²) in [5.74, 6) is 0.861. The summed E-state index contributed by atoms with van der Waals surface area (Å²) >= 11 is 0. The normalized spacial score (nSPS) is 9.83. The molecule has 1 heterocycles. The van der Waals surface area contributed by atoms with Gasteiger partial charge in [0.05, 0.1) is 12.8 Å². The lowest BCUT2D eigenvalue weighted by atomic mass is 10.3. The van der Waals surface area contributed by atoms with Crippen LogP contribution in [0.25, 0.3) is 6.20 Å². The van der Waals surface area contributed by atoms with E-state index in [9.17, 15) is 0 Å². The summed E-state index contributed by atoms with van der Waals surface area (Å²) in [4.78, 5) is 0. The van der Waals surface area contributed by atoms with E-state index in [-0.39, 0.29) is 0 Å². The zero-order valence-corrected chi connectivity index (χ0v) is 7.58. The van der Waals surface area contributed by atoms with Gasteiger partial charge in [-0.25, -0.2) is 4.68 Å². The van der Waals surface area contributed by atoms with Gasteiger partial charge in [0.1, 0.15) is 5.69 Å². The van der Waals surface area contributed by atoms with Gasteiger partial charge in [0.2, 0.25) is 0 Å². The summed E-state index contributed by atoms with van der Waals surface area (Å²) in [5, 5.41) is 4.24. The Kier molecular flexibility index (Phi) is 2.91. The van der Waals surface area contributed by atoms with E-state index in [4.69, 9.17) is 4.74 Å². The van der Waals surface area contributed by atoms with E-state index in [0.717, 1.165) is 17.9 Å². The van der Waals surface area contributed by atoms with Crippen molar-refractivity contribution >= 4 is 6.20 Å². The van der Waals surface area contributed by atoms with Gasteiger partial charge in [-0.15, -0.1) is 0 Å². The van der Waals surface area contributed by atoms with E-state index >= 15 is 0 Å². The minimum Gasteiger partial charge on any atom is -0.490 e. The van der Waals surface area contributed by atoms with E-state index in [2.05, 4.69) is 18.6 Å². The average Bonchev–Trinajstić information content (AvgIpc) is 2.48. The lowest BCUT2D eigenvalue weighted by Gasteiger charge is -1.98. The van der Waals surface area contributed by atoms with E-state index in [1.165, 1.54) is 0 Å². The maximum absolute atomic E-state index is 5.38. The molecule has 12 heavy (non-hydrogen) atoms. The van der Waals surface area contributed by atoms with Crippen LogP contribution in [0.15, 0.2) is 12.8 Å². The van der Waals surface area contributed by atoms with Crippen molar-refractivity contribution in [2.24, 2.45) is 0 Å². The molecule has 0 bridgehead atoms. The van der Waals surface area contributed by atoms with Crippen molar-refractivity contribution in [3.8, 4) is 5.75 Å². The molecular formula is C9H14N2O. The molecule has 0 amide bonds. The third kappa shape index (κ3) is 1.67. The van der Waals surface area contributed by atoms with Crippen molar-refractivity contribution in [3.63, 3.8) is 0 Å². The lowest BCUT2D eigenvalue weighted by molar-refractivity contribution is 0.337. The molecule has 0 aromatic carbocycles. The first-order valence-electron chi connectivity index (χ1n) is 4.15. The Labute approximate surface area is 72.7 Å². The van der Waals surface area contributed by atoms with Gasteiger partial charge >= 0.3 is 0 Å². The van der Waals surface area contributed by atoms with Crippen LogP contribution in [0.3, 0.4) is 0 Å². The second-order valence-corrected chi connectivity index (χ2v) is 2.39. The molecule has 0 unspecified atom stereocenters. The molecule has 0 radical (unpaired) electrons. The van der Waals surface area contributed by atoms with Gasteiger partial charge in [-0.3, -0.25) is 0 Å². The number of hydrogen-bond acceptors (Lipinski definition) is 2. The van der Waals surface area contributed by atoms with Crippen molar-refractivity contribution < 1.29 is 4.74 Å². The molecule has 0 saturated heterocycles. The minimum atomic E-state index is 0.676. The van der Waals surface area contributed by atoms with E-state index in [1.54, 1.807) is 10.9 Å². The monoisotopic (exact) mass is 166 g/mol. The predicted octanol–water partition coefficient (Wildman–Crippen LogP) is 1.94. The minimum absolute atomic E-state index is 0.676. The predicted molar refractivity (Wildman–Crippen MR) is 49.2 cm³/mol. The van der Waals surface area contributed by atoms with Crippen molar-refractivity contribution in [2.45, 2.75) is 20.3 Å². The molecule has 0 aliphatic rings. The van der Waals surface area contributed by atoms with Crippen LogP contribution in [-0.4, -0.2) is 16.4 Å². The number of hydrogen-bond donors (Lipinski definition) is 0. The fraction of sp³-hybridized carbons (Fsp3) is 0.444. The highest BCUT2D eigenvalue weighted by molar-refractivity contribution is 5.29. The third-order valence-electron chi connectivity index (χ3n) is 1.59. The first kappa shape index (κ1) is 8.84. The topological polar surface area (TPSA) is 27.1 Å². The molecule has 0 saturated carbocycles. The second kappa shape index (κ2) is 3.95. The lowest BCUT2D eigenvalue weighted by Crippen LogP contribution is -1.93. The Balaban J connectivity index is 2.91. The molecule has 3 nitrogen and oxygen atoms in total. The first-order valence-corrected chi connectivity index (χ1v) is 4.15. The highest BCUT2D eigenvalue weighted by Crippen LogP contribution is 2.16. The van der Waals surface area contributed by atoms with Crippen molar-refractivity contribution in [3.05, 3.63) is 18.5 Å². The number of rotatable bonds is 4. The SMILES string of the molecule is C=Cn1cc(OCC)c(CC)n1. The van der Waals surface area contributed by atoms with Gasteiger partial charge in [0.25, 0.3) is 0 Å². The molecule has 1 aromatic heterocycles. The van der Waals surface area contributed by atoms with Gasteiger partial charge in [-0.05, 0) is 13.3 Å². The summed E-state index contributed by atoms with van der Waals surface area (Å²) in [6, 6.07) is 0. The maximum Gasteiger partial charge on any atom is 0.160 e. The number of aromatic nitrogens is 2. The van der Waals surface area contributed by atoms with Gasteiger partial charge in [0.15, 0.2) is 5.75 Å². The van der Waals surface area contributed by atoms with Gasteiger partial charge in [-0.1, -0.05) is 13.5 Å². The zero-order chi connectivity index (χ0) is 8.97. The molecular weight excluding hydrogens is 152 g/mol. The highest BCUT2D eigenvalue weighted by Gasteiger charge is 2.05. The number of nitrogens with zero attached hydrogens (tertiary/aromatic N) is 2. The quantitative estimate of drug-likeness (QED) is 0.683. The average molecular weight is 166 g/mol. The molecule has 0 fully saturated rings. The van der Waals surface area contributed by atoms with Crippen LogP contribution in [0, 0.1) is 0 Å². The van der Waals surface area contributed by atoms with Crippen LogP contribution in [0.5, 0.6) is 5.75 Å². The summed E-state index contributed by atoms with van der Waals surface area (Å²) in [7, 11) is 0. The molecule has 0 spiro atoms. The zero-order valence-electron chi connectivity index (χ0n) is 7.58. The van der Waals surface area contributed by atoms with Gasteiger partial charge < -0.3 is 4.74 Å². The smallest absolute Gasteiger partial charge is 0.160 e. The van der Waals surface area contributed by atoms with Crippen LogP contribution in [0.2, 0.25) is 0 Å². The molecule has 0 N–H and O–H groups in total. The third-order valence-corrected chi connectivity index (χ3v) is 1.59. The Morgan fingerprint density at radius 3 is 2.92 bits per heavy atom. The largest absolute Gasteiger partial charge is 0.490 e. The summed E-state index contributed by atoms with van der Waals surface area (Å²) in [6.45, 7) is 8.32. The van der Waals surface area contributed by atoms with Gasteiger partial charge in [-0.2, -0.15) is 5.10 Å². The molecule has 3 heteroatoms. The second-order valence-electron chi connectivity index (χ2n) is 2.39.